The number of primary amides is 1. The summed E-state index contributed by atoms with van der Waals surface area (Å²) >= 11 is 2.96. The number of amides is 2. The Kier molecular flexibility index (Phi) is 5.58. The molecule has 2 N–H and O–H groups in total. The van der Waals surface area contributed by atoms with E-state index in [-0.39, 0.29) is 16.1 Å². The van der Waals surface area contributed by atoms with Gasteiger partial charge in [0.25, 0.3) is 5.91 Å². The van der Waals surface area contributed by atoms with E-state index in [0.29, 0.717) is 13.0 Å². The zero-order valence-corrected chi connectivity index (χ0v) is 17.8. The number of carbonyl (C=O) groups is 2. The van der Waals surface area contributed by atoms with Crippen molar-refractivity contribution in [2.75, 3.05) is 12.3 Å². The standard InChI is InChI=1S/C21H22N4O2S2/c1-15-13-28-21(23-15)29-14-19(26)25(12-6-9-18(25)20(22)27)17-8-3-2-7-16(17)24-10-4-5-11-24/h2-5,7-8,10-11,13,18H,6,9,12,14H2,1H3,(H-,22,27)/p+1/t18-,25?/m0/s1. The van der Waals surface area contributed by atoms with Gasteiger partial charge in [-0.25, -0.2) is 14.3 Å². The van der Waals surface area contributed by atoms with Crippen LogP contribution in [-0.4, -0.2) is 39.7 Å². The Bertz CT molecular complexity index is 1030. The molecule has 3 aromatic rings. The molecule has 1 fully saturated rings. The molecule has 2 aromatic heterocycles. The van der Waals surface area contributed by atoms with Crippen molar-refractivity contribution in [3.8, 4) is 5.69 Å². The second-order valence-corrected chi connectivity index (χ2v) is 9.25. The Morgan fingerprint density at radius 1 is 1.28 bits per heavy atom. The summed E-state index contributed by atoms with van der Waals surface area (Å²) in [5.41, 5.74) is 8.47. The van der Waals surface area contributed by atoms with E-state index in [1.54, 1.807) is 0 Å². The third kappa shape index (κ3) is 3.63. The summed E-state index contributed by atoms with van der Waals surface area (Å²) < 4.78 is 2.82. The third-order valence-electron chi connectivity index (χ3n) is 5.41. The first-order valence-corrected chi connectivity index (χ1v) is 11.4. The van der Waals surface area contributed by atoms with Crippen LogP contribution < -0.4 is 10.2 Å². The lowest BCUT2D eigenvalue weighted by atomic mass is 10.1. The maximum atomic E-state index is 13.7. The molecule has 0 aliphatic carbocycles. The Hall–Kier alpha value is -2.42. The lowest BCUT2D eigenvalue weighted by Crippen LogP contribution is -2.62. The minimum absolute atomic E-state index is 0.0104. The number of para-hydroxylation sites is 2. The van der Waals surface area contributed by atoms with E-state index in [4.69, 9.17) is 5.73 Å². The molecule has 3 heterocycles. The van der Waals surface area contributed by atoms with Crippen LogP contribution in [-0.2, 0) is 9.59 Å². The molecule has 1 unspecified atom stereocenters. The van der Waals surface area contributed by atoms with Crippen molar-refractivity contribution in [1.82, 2.24) is 14.0 Å². The average Bonchev–Trinajstić information content (AvgIpc) is 3.46. The van der Waals surface area contributed by atoms with Crippen LogP contribution in [0.1, 0.15) is 18.5 Å². The molecule has 0 saturated carbocycles. The van der Waals surface area contributed by atoms with Crippen LogP contribution in [0, 0.1) is 6.92 Å². The molecule has 1 aliphatic rings. The van der Waals surface area contributed by atoms with Crippen LogP contribution in [0.3, 0.4) is 0 Å². The van der Waals surface area contributed by atoms with Gasteiger partial charge in [0.15, 0.2) is 16.1 Å². The van der Waals surface area contributed by atoms with Crippen LogP contribution in [0.15, 0.2) is 58.5 Å². The van der Waals surface area contributed by atoms with Gasteiger partial charge in [-0.05, 0) is 25.1 Å². The molecule has 0 spiro atoms. The quantitative estimate of drug-likeness (QED) is 0.482. The number of thioether (sulfide) groups is 1. The molecule has 0 bridgehead atoms. The van der Waals surface area contributed by atoms with Crippen molar-refractivity contribution in [2.24, 2.45) is 5.73 Å². The minimum Gasteiger partial charge on any atom is -0.364 e. The predicted molar refractivity (Wildman–Crippen MR) is 117 cm³/mol. The molecular formula is C21H23N4O2S2+. The van der Waals surface area contributed by atoms with Gasteiger partial charge in [0.2, 0.25) is 0 Å². The van der Waals surface area contributed by atoms with E-state index in [9.17, 15) is 9.59 Å². The van der Waals surface area contributed by atoms with Crippen LogP contribution in [0.25, 0.3) is 5.69 Å². The number of quaternary nitrogens is 1. The zero-order valence-electron chi connectivity index (χ0n) is 16.2. The molecule has 0 radical (unpaired) electrons. The molecular weight excluding hydrogens is 404 g/mol. The summed E-state index contributed by atoms with van der Waals surface area (Å²) in [7, 11) is 0. The summed E-state index contributed by atoms with van der Waals surface area (Å²) in [5, 5.41) is 1.97. The number of benzene rings is 1. The van der Waals surface area contributed by atoms with Gasteiger partial charge < -0.3 is 10.3 Å². The van der Waals surface area contributed by atoms with E-state index >= 15 is 0 Å². The predicted octanol–water partition coefficient (Wildman–Crippen LogP) is 3.52. The van der Waals surface area contributed by atoms with Gasteiger partial charge in [0.1, 0.15) is 11.4 Å². The van der Waals surface area contributed by atoms with Crippen molar-refractivity contribution in [1.29, 1.82) is 0 Å². The summed E-state index contributed by atoms with van der Waals surface area (Å²) in [6.07, 6.45) is 5.28. The zero-order chi connectivity index (χ0) is 20.4. The van der Waals surface area contributed by atoms with E-state index < -0.39 is 11.9 Å². The monoisotopic (exact) mass is 427 g/mol. The van der Waals surface area contributed by atoms with Gasteiger partial charge in [0.05, 0.1) is 6.54 Å². The summed E-state index contributed by atoms with van der Waals surface area (Å²) in [4.78, 5) is 30.5. The van der Waals surface area contributed by atoms with E-state index in [2.05, 4.69) is 4.98 Å². The summed E-state index contributed by atoms with van der Waals surface area (Å²) in [6, 6.07) is 11.1. The molecule has 2 amide bonds. The van der Waals surface area contributed by atoms with Gasteiger partial charge in [-0.3, -0.25) is 4.79 Å². The number of likely N-dealkylation sites (tertiary alicyclic amines) is 1. The Balaban J connectivity index is 1.77. The summed E-state index contributed by atoms with van der Waals surface area (Å²) in [5.74, 6) is -0.187. The molecule has 29 heavy (non-hydrogen) atoms. The fourth-order valence-electron chi connectivity index (χ4n) is 4.14. The Morgan fingerprint density at radius 3 is 2.72 bits per heavy atom. The van der Waals surface area contributed by atoms with Gasteiger partial charge in [0, 0.05) is 42.4 Å². The van der Waals surface area contributed by atoms with E-state index in [1.807, 2.05) is 65.7 Å². The first kappa shape index (κ1) is 19.9. The highest BCUT2D eigenvalue weighted by Gasteiger charge is 2.53. The molecule has 1 saturated heterocycles. The van der Waals surface area contributed by atoms with Crippen LogP contribution in [0.4, 0.5) is 5.69 Å². The van der Waals surface area contributed by atoms with Crippen molar-refractivity contribution < 1.29 is 9.59 Å². The van der Waals surface area contributed by atoms with Crippen LogP contribution in [0.5, 0.6) is 0 Å². The minimum atomic E-state index is -0.558. The number of rotatable bonds is 6. The highest BCUT2D eigenvalue weighted by atomic mass is 32.2. The second-order valence-electron chi connectivity index (χ2n) is 7.17. The van der Waals surface area contributed by atoms with Gasteiger partial charge in [-0.2, -0.15) is 0 Å². The molecule has 4 rings (SSSR count). The van der Waals surface area contributed by atoms with Crippen molar-refractivity contribution in [3.05, 3.63) is 59.9 Å². The maximum absolute atomic E-state index is 13.7. The molecule has 1 aromatic carbocycles. The fraction of sp³-hybridized carbons (Fsp3) is 0.286. The number of hydrogen-bond donors (Lipinski definition) is 1. The Morgan fingerprint density at radius 2 is 2.03 bits per heavy atom. The molecule has 6 nitrogen and oxygen atoms in total. The smallest absolute Gasteiger partial charge is 0.329 e. The second kappa shape index (κ2) is 8.14. The highest BCUT2D eigenvalue weighted by molar-refractivity contribution is 8.01. The van der Waals surface area contributed by atoms with Crippen molar-refractivity contribution in [2.45, 2.75) is 30.1 Å². The molecule has 150 valence electrons. The number of aryl methyl sites for hydroxylation is 1. The maximum Gasteiger partial charge on any atom is 0.329 e. The number of carbonyl (C=O) groups excluding carboxylic acids is 2. The fourth-order valence-corrected chi connectivity index (χ4v) is 5.94. The summed E-state index contributed by atoms with van der Waals surface area (Å²) in [6.45, 7) is 2.51. The average molecular weight is 428 g/mol. The third-order valence-corrected chi connectivity index (χ3v) is 7.53. The van der Waals surface area contributed by atoms with Crippen molar-refractivity contribution in [3.63, 3.8) is 0 Å². The first-order valence-electron chi connectivity index (χ1n) is 9.50. The van der Waals surface area contributed by atoms with Crippen LogP contribution in [0.2, 0.25) is 0 Å². The first-order chi connectivity index (χ1) is 14.0. The normalized spacial score (nSPS) is 21.3. The number of nitrogens with zero attached hydrogens (tertiary/aromatic N) is 3. The van der Waals surface area contributed by atoms with Crippen molar-refractivity contribution >= 4 is 40.6 Å². The van der Waals surface area contributed by atoms with E-state index in [1.165, 1.54) is 23.1 Å². The van der Waals surface area contributed by atoms with Gasteiger partial charge in [-0.15, -0.1) is 11.3 Å². The van der Waals surface area contributed by atoms with Gasteiger partial charge >= 0.3 is 5.91 Å². The van der Waals surface area contributed by atoms with Gasteiger partial charge in [-0.1, -0.05) is 23.9 Å². The molecule has 1 aliphatic heterocycles. The lowest BCUT2D eigenvalue weighted by Gasteiger charge is -2.36. The topological polar surface area (TPSA) is 78.0 Å². The number of thiazole rings is 1. The lowest BCUT2D eigenvalue weighted by molar-refractivity contribution is -0.134. The molecule has 8 heteroatoms. The number of aromatic nitrogens is 2. The number of nitrogens with two attached hydrogens (primary N) is 1. The van der Waals surface area contributed by atoms with E-state index in [0.717, 1.165) is 27.8 Å². The number of hydrogen-bond acceptors (Lipinski definition) is 5. The van der Waals surface area contributed by atoms with Crippen LogP contribution >= 0.6 is 23.1 Å². The SMILES string of the molecule is Cc1csc(SCC(=O)[N+]2(c3ccccc3-n3cccc3)CCC[C@H]2C(N)=O)n1. The molecule has 2 atom stereocenters. The largest absolute Gasteiger partial charge is 0.364 e. The highest BCUT2D eigenvalue weighted by Crippen LogP contribution is 2.40. The Labute approximate surface area is 177 Å².